The van der Waals surface area contributed by atoms with E-state index in [4.69, 9.17) is 30.3 Å². The van der Waals surface area contributed by atoms with E-state index < -0.39 is 11.9 Å². The average Bonchev–Trinajstić information content (AvgIpc) is 1.89. The third kappa shape index (κ3) is 16.8. The van der Waals surface area contributed by atoms with Gasteiger partial charge in [0.1, 0.15) is 0 Å². The molecule has 0 aliphatic heterocycles. The van der Waals surface area contributed by atoms with Gasteiger partial charge in [-0.1, -0.05) is 0 Å². The Bertz CT molecular complexity index is 184. The molecular formula is C4H2N2O4. The summed E-state index contributed by atoms with van der Waals surface area (Å²) in [5.41, 5.74) is 0. The zero-order valence-corrected chi connectivity index (χ0v) is 4.61. The number of rotatable bonds is 0. The standard InChI is InChI=1S/C2N2.C2H2O4/c3-1-2-4;3-1(4)2(5)6/h;(H,3,4)(H,5,6). The molecule has 0 radical (unpaired) electrons. The molecular weight excluding hydrogens is 140 g/mol. The SMILES string of the molecule is N#CC#N.O=C(O)C(=O)O. The van der Waals surface area contributed by atoms with Gasteiger partial charge >= 0.3 is 11.9 Å². The monoisotopic (exact) mass is 142 g/mol. The second-order valence-corrected chi connectivity index (χ2v) is 0.834. The Balaban J connectivity index is 0. The van der Waals surface area contributed by atoms with Crippen LogP contribution in [-0.2, 0) is 9.59 Å². The van der Waals surface area contributed by atoms with Crippen LogP contribution in [0.2, 0.25) is 0 Å². The molecule has 0 aromatic rings. The van der Waals surface area contributed by atoms with E-state index in [1.54, 1.807) is 0 Å². The topological polar surface area (TPSA) is 122 Å². The molecule has 0 spiro atoms. The number of aliphatic carboxylic acids is 2. The summed E-state index contributed by atoms with van der Waals surface area (Å²) in [6.07, 6.45) is 0. The fourth-order valence-electron chi connectivity index (χ4n) is 0. The van der Waals surface area contributed by atoms with Crippen LogP contribution in [-0.4, -0.2) is 22.2 Å². The molecule has 6 heteroatoms. The lowest BCUT2D eigenvalue weighted by molar-refractivity contribution is -0.159. The van der Waals surface area contributed by atoms with Crippen molar-refractivity contribution in [2.45, 2.75) is 0 Å². The lowest BCUT2D eigenvalue weighted by Crippen LogP contribution is -2.09. The van der Waals surface area contributed by atoms with Crippen molar-refractivity contribution in [3.63, 3.8) is 0 Å². The average molecular weight is 142 g/mol. The van der Waals surface area contributed by atoms with Gasteiger partial charge in [0.05, 0.1) is 0 Å². The molecule has 0 aliphatic carbocycles. The van der Waals surface area contributed by atoms with Gasteiger partial charge in [0.25, 0.3) is 0 Å². The van der Waals surface area contributed by atoms with Gasteiger partial charge in [0, 0.05) is 0 Å². The van der Waals surface area contributed by atoms with Crippen LogP contribution >= 0.6 is 0 Å². The summed E-state index contributed by atoms with van der Waals surface area (Å²) in [6.45, 7) is 0. The molecule has 0 saturated carbocycles. The predicted molar refractivity (Wildman–Crippen MR) is 26.5 cm³/mol. The van der Waals surface area contributed by atoms with Gasteiger partial charge < -0.3 is 10.2 Å². The van der Waals surface area contributed by atoms with E-state index in [0.29, 0.717) is 0 Å². The number of hydrogen-bond acceptors (Lipinski definition) is 4. The van der Waals surface area contributed by atoms with E-state index in [1.165, 1.54) is 12.1 Å². The van der Waals surface area contributed by atoms with Crippen LogP contribution in [0.4, 0.5) is 0 Å². The first kappa shape index (κ1) is 10.8. The summed E-state index contributed by atoms with van der Waals surface area (Å²) >= 11 is 0. The molecule has 0 amide bonds. The Kier molecular flexibility index (Phi) is 7.49. The molecule has 0 rings (SSSR count). The van der Waals surface area contributed by atoms with Crippen LogP contribution in [0, 0.1) is 22.7 Å². The highest BCUT2D eigenvalue weighted by molar-refractivity contribution is 6.27. The molecule has 0 heterocycles. The van der Waals surface area contributed by atoms with Crippen molar-refractivity contribution in [2.75, 3.05) is 0 Å². The third-order valence-electron chi connectivity index (χ3n) is 0.233. The summed E-state index contributed by atoms with van der Waals surface area (Å²) < 4.78 is 0. The first-order chi connectivity index (χ1) is 4.56. The first-order valence-electron chi connectivity index (χ1n) is 1.80. The van der Waals surface area contributed by atoms with Crippen LogP contribution in [0.3, 0.4) is 0 Å². The van der Waals surface area contributed by atoms with Crippen LogP contribution in [0.25, 0.3) is 0 Å². The van der Waals surface area contributed by atoms with Gasteiger partial charge in [-0.2, -0.15) is 10.5 Å². The van der Waals surface area contributed by atoms with Gasteiger partial charge in [-0.15, -0.1) is 0 Å². The van der Waals surface area contributed by atoms with Crippen molar-refractivity contribution in [1.82, 2.24) is 0 Å². The Labute approximate surface area is 55.5 Å². The van der Waals surface area contributed by atoms with Crippen molar-refractivity contribution in [3.8, 4) is 12.1 Å². The Morgan fingerprint density at radius 2 is 1.20 bits per heavy atom. The van der Waals surface area contributed by atoms with Crippen LogP contribution in [0.1, 0.15) is 0 Å². The number of carbonyl (C=O) groups is 2. The second kappa shape index (κ2) is 6.92. The van der Waals surface area contributed by atoms with Gasteiger partial charge in [-0.05, 0) is 0 Å². The highest BCUT2D eigenvalue weighted by Crippen LogP contribution is 1.56. The maximum atomic E-state index is 9.10. The van der Waals surface area contributed by atoms with Crippen molar-refractivity contribution >= 4 is 11.9 Å². The minimum atomic E-state index is -1.82. The molecule has 0 fully saturated rings. The zero-order valence-electron chi connectivity index (χ0n) is 4.61. The largest absolute Gasteiger partial charge is 0.473 e. The molecule has 0 atom stereocenters. The maximum Gasteiger partial charge on any atom is 0.414 e. The van der Waals surface area contributed by atoms with E-state index >= 15 is 0 Å². The minimum absolute atomic E-state index is 1.24. The van der Waals surface area contributed by atoms with Crippen LogP contribution in [0.5, 0.6) is 0 Å². The summed E-state index contributed by atoms with van der Waals surface area (Å²) in [5, 5.41) is 29.3. The van der Waals surface area contributed by atoms with Crippen molar-refractivity contribution in [2.24, 2.45) is 0 Å². The molecule has 0 bridgehead atoms. The summed E-state index contributed by atoms with van der Waals surface area (Å²) in [6, 6.07) is 2.47. The van der Waals surface area contributed by atoms with Crippen LogP contribution < -0.4 is 0 Å². The first-order valence-corrected chi connectivity index (χ1v) is 1.80. The van der Waals surface area contributed by atoms with E-state index in [-0.39, 0.29) is 0 Å². The van der Waals surface area contributed by atoms with E-state index in [1.807, 2.05) is 0 Å². The number of hydrogen-bond donors (Lipinski definition) is 2. The molecule has 52 valence electrons. The van der Waals surface area contributed by atoms with E-state index in [2.05, 4.69) is 0 Å². The normalized spacial score (nSPS) is 5.40. The Hall–Kier alpha value is -2.08. The predicted octanol–water partition coefficient (Wildman–Crippen LogP) is -0.811. The molecule has 0 aromatic carbocycles. The number of nitrogens with zero attached hydrogens (tertiary/aromatic N) is 2. The molecule has 0 saturated heterocycles. The number of nitriles is 2. The smallest absolute Gasteiger partial charge is 0.414 e. The van der Waals surface area contributed by atoms with Gasteiger partial charge in [-0.25, -0.2) is 9.59 Å². The second-order valence-electron chi connectivity index (χ2n) is 0.834. The van der Waals surface area contributed by atoms with Crippen molar-refractivity contribution in [3.05, 3.63) is 0 Å². The summed E-state index contributed by atoms with van der Waals surface area (Å²) in [7, 11) is 0. The van der Waals surface area contributed by atoms with Gasteiger partial charge in [-0.3, -0.25) is 0 Å². The summed E-state index contributed by atoms with van der Waals surface area (Å²) in [5.74, 6) is -3.65. The molecule has 0 aliphatic rings. The third-order valence-corrected chi connectivity index (χ3v) is 0.233. The number of carboxylic acid groups (broad SMARTS) is 2. The molecule has 0 unspecified atom stereocenters. The fraction of sp³-hybridized carbons (Fsp3) is 0. The Morgan fingerprint density at radius 1 is 1.00 bits per heavy atom. The highest BCUT2D eigenvalue weighted by Gasteiger charge is 2.04. The van der Waals surface area contributed by atoms with E-state index in [0.717, 1.165) is 0 Å². The summed E-state index contributed by atoms with van der Waals surface area (Å²) in [4.78, 5) is 18.2. The van der Waals surface area contributed by atoms with Crippen LogP contribution in [0.15, 0.2) is 0 Å². The highest BCUT2D eigenvalue weighted by atomic mass is 16.4. The molecule has 0 aromatic heterocycles. The lowest BCUT2D eigenvalue weighted by atomic mass is 10.7. The zero-order chi connectivity index (χ0) is 8.57. The minimum Gasteiger partial charge on any atom is -0.473 e. The Morgan fingerprint density at radius 3 is 1.20 bits per heavy atom. The number of carboxylic acids is 2. The van der Waals surface area contributed by atoms with E-state index in [9.17, 15) is 0 Å². The lowest BCUT2D eigenvalue weighted by Gasteiger charge is -1.72. The molecule has 10 heavy (non-hydrogen) atoms. The molecule has 6 nitrogen and oxygen atoms in total. The molecule has 2 N–H and O–H groups in total. The van der Waals surface area contributed by atoms with Crippen molar-refractivity contribution in [1.29, 1.82) is 10.5 Å². The van der Waals surface area contributed by atoms with Gasteiger partial charge in [0.15, 0.2) is 12.1 Å². The quantitative estimate of drug-likeness (QED) is 0.426. The maximum absolute atomic E-state index is 9.10. The van der Waals surface area contributed by atoms with Crippen molar-refractivity contribution < 1.29 is 19.8 Å². The fourth-order valence-corrected chi connectivity index (χ4v) is 0. The van der Waals surface area contributed by atoms with Gasteiger partial charge in [0.2, 0.25) is 0 Å².